The molecule has 0 N–H and O–H groups in total. The van der Waals surface area contributed by atoms with E-state index in [-0.39, 0.29) is 25.9 Å². The number of benzene rings is 3. The third-order valence-corrected chi connectivity index (χ3v) is 6.98. The van der Waals surface area contributed by atoms with E-state index in [2.05, 4.69) is 0 Å². The Labute approximate surface area is 246 Å². The zero-order valence-corrected chi connectivity index (χ0v) is 23.9. The molecule has 0 saturated carbocycles. The largest absolute Gasteiger partial charge is 0.459 e. The van der Waals surface area contributed by atoms with E-state index in [1.165, 1.54) is 7.11 Å². The molecule has 0 radical (unpaired) electrons. The summed E-state index contributed by atoms with van der Waals surface area (Å²) < 4.78 is 28.2. The molecule has 0 saturated heterocycles. The topological polar surface area (TPSA) is 97.4 Å². The van der Waals surface area contributed by atoms with E-state index in [4.69, 9.17) is 23.7 Å². The molecule has 1 heterocycles. The van der Waals surface area contributed by atoms with Crippen molar-refractivity contribution < 1.29 is 38.1 Å². The summed E-state index contributed by atoms with van der Waals surface area (Å²) in [5.41, 5.74) is 3.75. The maximum Gasteiger partial charge on any atom is 0.338 e. The lowest BCUT2D eigenvalue weighted by atomic mass is 9.90. The maximum atomic E-state index is 12.9. The van der Waals surface area contributed by atoms with Gasteiger partial charge in [-0.25, -0.2) is 14.4 Å². The SMILES string of the molecule is COCC(=O)OCC1=C(C)C[C@@H](CCC(COC(=O)c2ccccc2)OC(=O)c2ccccc2)O[C@H]1c1ccccc1. The fraction of sp³-hybridized carbons (Fsp3) is 0.324. The Bertz CT molecular complexity index is 1340. The Hall–Kier alpha value is -4.27. The third-order valence-electron chi connectivity index (χ3n) is 6.98. The van der Waals surface area contributed by atoms with Crippen molar-refractivity contribution in [1.82, 2.24) is 0 Å². The average molecular weight is 573 g/mol. The second-order valence-corrected chi connectivity index (χ2v) is 10.1. The minimum absolute atomic E-state index is 0.0866. The number of hydrogen-bond donors (Lipinski definition) is 0. The summed E-state index contributed by atoms with van der Waals surface area (Å²) in [5.74, 6) is -1.42. The highest BCUT2D eigenvalue weighted by molar-refractivity contribution is 5.90. The highest BCUT2D eigenvalue weighted by Gasteiger charge is 2.31. The van der Waals surface area contributed by atoms with Crippen molar-refractivity contribution >= 4 is 17.9 Å². The molecular formula is C34H36O8. The summed E-state index contributed by atoms with van der Waals surface area (Å²) in [6.07, 6.45) is 0.303. The highest BCUT2D eigenvalue weighted by atomic mass is 16.6. The molecule has 0 spiro atoms. The number of hydrogen-bond acceptors (Lipinski definition) is 8. The van der Waals surface area contributed by atoms with Gasteiger partial charge in [0, 0.05) is 7.11 Å². The van der Waals surface area contributed by atoms with Crippen LogP contribution in [0.3, 0.4) is 0 Å². The monoisotopic (exact) mass is 572 g/mol. The van der Waals surface area contributed by atoms with Gasteiger partial charge in [-0.1, -0.05) is 72.3 Å². The maximum absolute atomic E-state index is 12.9. The third kappa shape index (κ3) is 8.86. The van der Waals surface area contributed by atoms with E-state index in [0.29, 0.717) is 30.4 Å². The van der Waals surface area contributed by atoms with Crippen LogP contribution in [0.4, 0.5) is 0 Å². The molecular weight excluding hydrogens is 536 g/mol. The van der Waals surface area contributed by atoms with Gasteiger partial charge in [-0.3, -0.25) is 0 Å². The van der Waals surface area contributed by atoms with E-state index < -0.39 is 30.1 Å². The summed E-state index contributed by atoms with van der Waals surface area (Å²) >= 11 is 0. The van der Waals surface area contributed by atoms with Crippen LogP contribution in [-0.4, -0.2) is 57.0 Å². The predicted octanol–water partition coefficient (Wildman–Crippen LogP) is 5.89. The Morgan fingerprint density at radius 3 is 2.05 bits per heavy atom. The standard InChI is InChI=1S/C34H36O8/c1-24-20-28(41-32(25-12-6-3-7-13-25)30(24)22-39-31(35)23-38-2)18-19-29(42-34(37)27-16-10-5-11-17-27)21-40-33(36)26-14-8-4-9-15-26/h3-17,28-29,32H,18-23H2,1-2H3/t28-,29?,32+/m1/s1. The summed E-state index contributed by atoms with van der Waals surface area (Å²) in [6, 6.07) is 27.2. The molecule has 3 atom stereocenters. The quantitative estimate of drug-likeness (QED) is 0.142. The van der Waals surface area contributed by atoms with Gasteiger partial charge >= 0.3 is 17.9 Å². The van der Waals surface area contributed by atoms with E-state index in [1.54, 1.807) is 48.5 Å². The lowest BCUT2D eigenvalue weighted by molar-refractivity contribution is -0.147. The van der Waals surface area contributed by atoms with Crippen LogP contribution in [0.1, 0.15) is 58.6 Å². The molecule has 1 aliphatic rings. The van der Waals surface area contributed by atoms with Crippen LogP contribution in [0.15, 0.2) is 102 Å². The molecule has 4 rings (SSSR count). The molecule has 0 amide bonds. The van der Waals surface area contributed by atoms with Crippen LogP contribution in [0.2, 0.25) is 0 Å². The first-order valence-corrected chi connectivity index (χ1v) is 14.0. The zero-order chi connectivity index (χ0) is 29.7. The van der Waals surface area contributed by atoms with Gasteiger partial charge in [0.05, 0.1) is 17.2 Å². The lowest BCUT2D eigenvalue weighted by Gasteiger charge is -2.34. The van der Waals surface area contributed by atoms with Crippen molar-refractivity contribution in [3.63, 3.8) is 0 Å². The van der Waals surface area contributed by atoms with Gasteiger partial charge in [0.15, 0.2) is 0 Å². The van der Waals surface area contributed by atoms with Crippen LogP contribution >= 0.6 is 0 Å². The number of carbonyl (C=O) groups excluding carboxylic acids is 3. The Balaban J connectivity index is 1.46. The van der Waals surface area contributed by atoms with Crippen LogP contribution in [-0.2, 0) is 28.5 Å². The summed E-state index contributed by atoms with van der Waals surface area (Å²) in [5, 5.41) is 0. The zero-order valence-electron chi connectivity index (χ0n) is 23.9. The van der Waals surface area contributed by atoms with Gasteiger partial charge in [0.1, 0.15) is 32.0 Å². The second kappa shape index (κ2) is 15.7. The van der Waals surface area contributed by atoms with Crippen molar-refractivity contribution in [2.45, 2.75) is 44.5 Å². The Morgan fingerprint density at radius 2 is 1.43 bits per heavy atom. The molecule has 0 aromatic heterocycles. The first-order valence-electron chi connectivity index (χ1n) is 14.0. The fourth-order valence-corrected chi connectivity index (χ4v) is 4.78. The van der Waals surface area contributed by atoms with Gasteiger partial charge in [0.25, 0.3) is 0 Å². The summed E-state index contributed by atoms with van der Waals surface area (Å²) in [4.78, 5) is 37.5. The fourth-order valence-electron chi connectivity index (χ4n) is 4.78. The minimum atomic E-state index is -0.676. The molecule has 0 fully saturated rings. The summed E-state index contributed by atoms with van der Waals surface area (Å²) in [7, 11) is 1.44. The van der Waals surface area contributed by atoms with Crippen LogP contribution in [0.5, 0.6) is 0 Å². The molecule has 1 unspecified atom stereocenters. The van der Waals surface area contributed by atoms with E-state index in [1.807, 2.05) is 49.4 Å². The average Bonchev–Trinajstić information content (AvgIpc) is 3.02. The minimum Gasteiger partial charge on any atom is -0.459 e. The molecule has 1 aliphatic heterocycles. The predicted molar refractivity (Wildman–Crippen MR) is 156 cm³/mol. The molecule has 0 bridgehead atoms. The van der Waals surface area contributed by atoms with Crippen molar-refractivity contribution in [2.75, 3.05) is 26.9 Å². The van der Waals surface area contributed by atoms with Crippen molar-refractivity contribution in [1.29, 1.82) is 0 Å². The number of methoxy groups -OCH3 is 1. The van der Waals surface area contributed by atoms with E-state index in [9.17, 15) is 14.4 Å². The van der Waals surface area contributed by atoms with Gasteiger partial charge in [-0.05, 0) is 61.6 Å². The van der Waals surface area contributed by atoms with Crippen molar-refractivity contribution in [3.05, 3.63) is 119 Å². The van der Waals surface area contributed by atoms with Gasteiger partial charge in [-0.2, -0.15) is 0 Å². The molecule has 8 heteroatoms. The normalized spacial score (nSPS) is 17.3. The summed E-state index contributed by atoms with van der Waals surface area (Å²) in [6.45, 7) is 1.91. The number of ether oxygens (including phenoxy) is 5. The van der Waals surface area contributed by atoms with Crippen LogP contribution in [0, 0.1) is 0 Å². The van der Waals surface area contributed by atoms with E-state index in [0.717, 1.165) is 16.7 Å². The highest BCUT2D eigenvalue weighted by Crippen LogP contribution is 2.38. The Kier molecular flexibility index (Phi) is 11.4. The lowest BCUT2D eigenvalue weighted by Crippen LogP contribution is -2.30. The Morgan fingerprint density at radius 1 is 0.833 bits per heavy atom. The molecule has 220 valence electrons. The van der Waals surface area contributed by atoms with Gasteiger partial charge in [0.2, 0.25) is 0 Å². The van der Waals surface area contributed by atoms with Gasteiger partial charge in [-0.15, -0.1) is 0 Å². The second-order valence-electron chi connectivity index (χ2n) is 10.1. The number of carbonyl (C=O) groups is 3. The molecule has 0 aliphatic carbocycles. The molecule has 8 nitrogen and oxygen atoms in total. The van der Waals surface area contributed by atoms with Crippen molar-refractivity contribution in [3.8, 4) is 0 Å². The van der Waals surface area contributed by atoms with E-state index >= 15 is 0 Å². The van der Waals surface area contributed by atoms with Gasteiger partial charge < -0.3 is 23.7 Å². The smallest absolute Gasteiger partial charge is 0.338 e. The molecule has 3 aromatic rings. The number of esters is 3. The van der Waals surface area contributed by atoms with Crippen molar-refractivity contribution in [2.24, 2.45) is 0 Å². The first-order chi connectivity index (χ1) is 20.4. The van der Waals surface area contributed by atoms with Crippen LogP contribution < -0.4 is 0 Å². The van der Waals surface area contributed by atoms with Crippen LogP contribution in [0.25, 0.3) is 0 Å². The molecule has 3 aromatic carbocycles. The molecule has 42 heavy (non-hydrogen) atoms. The number of rotatable bonds is 13. The first kappa shape index (κ1) is 30.7.